The average Bonchev–Trinajstić information content (AvgIpc) is 3.77. The molecule has 5 aliphatic rings. The summed E-state index contributed by atoms with van der Waals surface area (Å²) in [6.07, 6.45) is 8.86. The van der Waals surface area contributed by atoms with Gasteiger partial charge in [-0.2, -0.15) is 0 Å². The van der Waals surface area contributed by atoms with Crippen molar-refractivity contribution in [1.29, 1.82) is 0 Å². The van der Waals surface area contributed by atoms with Crippen LogP contribution >= 0.6 is 0 Å². The monoisotopic (exact) mass is 662 g/mol. The van der Waals surface area contributed by atoms with Crippen molar-refractivity contribution in [3.63, 3.8) is 0 Å². The smallest absolute Gasteiger partial charge is 0.256 e. The van der Waals surface area contributed by atoms with E-state index in [1.165, 1.54) is 11.3 Å². The fourth-order valence-electron chi connectivity index (χ4n) is 8.69. The quantitative estimate of drug-likeness (QED) is 0.337. The number of hydrogen-bond donors (Lipinski definition) is 2. The molecule has 0 spiro atoms. The second kappa shape index (κ2) is 13.2. The summed E-state index contributed by atoms with van der Waals surface area (Å²) >= 11 is 0. The van der Waals surface area contributed by atoms with Crippen molar-refractivity contribution in [2.24, 2.45) is 11.8 Å². The summed E-state index contributed by atoms with van der Waals surface area (Å²) in [6, 6.07) is 12.9. The molecule has 1 aromatic carbocycles. The molecule has 11 nitrogen and oxygen atoms in total. The summed E-state index contributed by atoms with van der Waals surface area (Å²) < 4.78 is 0. The first-order valence-corrected chi connectivity index (χ1v) is 18.1. The van der Waals surface area contributed by atoms with Gasteiger partial charge in [0.05, 0.1) is 17.8 Å². The molecule has 0 radical (unpaired) electrons. The first-order valence-electron chi connectivity index (χ1n) is 18.1. The molecule has 3 saturated heterocycles. The number of hydrogen-bond acceptors (Lipinski definition) is 9. The van der Waals surface area contributed by atoms with Gasteiger partial charge < -0.3 is 15.1 Å². The number of pyridine rings is 1. The number of fused-ring (bicyclic) bond motifs is 2. The Morgan fingerprint density at radius 2 is 1.63 bits per heavy atom. The molecule has 3 amide bonds. The van der Waals surface area contributed by atoms with Crippen LogP contribution in [0.2, 0.25) is 0 Å². The standard InChI is InChI=1S/C38H46N8O3/c1-23(2)28-17-39-38(40-18-28)41-29-11-13-45(14-12-29)30-5-3-24(4-6-30)19-44-20-26-15-25(16-27(26)21-44)32-8-7-31-33(42-32)22-46(37(31)49)34-9-10-35(47)43-36(34)48/h3-8,17-18,23,25-27,29,34H,9-16,19-22H2,1-2H3,(H,39,40,41)(H,43,47,48). The third-order valence-corrected chi connectivity index (χ3v) is 11.5. The molecule has 0 bridgehead atoms. The van der Waals surface area contributed by atoms with Crippen molar-refractivity contribution in [2.45, 2.75) is 89.4 Å². The van der Waals surface area contributed by atoms with Crippen LogP contribution in [0.3, 0.4) is 0 Å². The summed E-state index contributed by atoms with van der Waals surface area (Å²) in [4.78, 5) is 57.8. The Morgan fingerprint density at radius 1 is 0.918 bits per heavy atom. The SMILES string of the molecule is CC(C)c1cnc(NC2CCN(c3ccc(CN4CC5CC(c6ccc7c(n6)CN(C6CCC(=O)NC6=O)C7=O)CC5C4)cc3)CC2)nc1. The highest BCUT2D eigenvalue weighted by Crippen LogP contribution is 2.46. The van der Waals surface area contributed by atoms with Crippen molar-refractivity contribution in [3.05, 3.63) is 76.9 Å². The van der Waals surface area contributed by atoms with Gasteiger partial charge >= 0.3 is 0 Å². The number of benzene rings is 1. The van der Waals surface area contributed by atoms with E-state index in [1.807, 2.05) is 24.5 Å². The molecule has 3 unspecified atom stereocenters. The Hall–Kier alpha value is -4.38. The van der Waals surface area contributed by atoms with Gasteiger partial charge in [-0.3, -0.25) is 29.6 Å². The molecule has 1 aliphatic carbocycles. The van der Waals surface area contributed by atoms with Gasteiger partial charge in [-0.15, -0.1) is 0 Å². The summed E-state index contributed by atoms with van der Waals surface area (Å²) in [6.45, 7) is 9.89. The number of imide groups is 1. The molecule has 2 aromatic heterocycles. The van der Waals surface area contributed by atoms with Crippen LogP contribution in [0.15, 0.2) is 48.8 Å². The van der Waals surface area contributed by atoms with Crippen molar-refractivity contribution in [3.8, 4) is 0 Å². The molecule has 49 heavy (non-hydrogen) atoms. The van der Waals surface area contributed by atoms with Crippen LogP contribution in [0.1, 0.15) is 97.1 Å². The molecule has 3 aromatic rings. The third kappa shape index (κ3) is 6.52. The highest BCUT2D eigenvalue weighted by Gasteiger charge is 2.43. The lowest BCUT2D eigenvalue weighted by atomic mass is 9.99. The number of carbonyl (C=O) groups excluding carboxylic acids is 3. The zero-order chi connectivity index (χ0) is 33.6. The second-order valence-corrected chi connectivity index (χ2v) is 15.1. The topological polar surface area (TPSA) is 124 Å². The van der Waals surface area contributed by atoms with Gasteiger partial charge in [-0.25, -0.2) is 9.97 Å². The summed E-state index contributed by atoms with van der Waals surface area (Å²) in [5, 5.41) is 5.91. The molecule has 1 saturated carbocycles. The number of amides is 3. The molecule has 3 atom stereocenters. The fraction of sp³-hybridized carbons (Fsp3) is 0.526. The van der Waals surface area contributed by atoms with Crippen LogP contribution in [0.25, 0.3) is 0 Å². The van der Waals surface area contributed by atoms with E-state index in [1.54, 1.807) is 4.90 Å². The van der Waals surface area contributed by atoms with E-state index in [0.29, 0.717) is 48.2 Å². The zero-order valence-electron chi connectivity index (χ0n) is 28.5. The minimum Gasteiger partial charge on any atom is -0.371 e. The Kier molecular flexibility index (Phi) is 8.55. The Bertz CT molecular complexity index is 1710. The van der Waals surface area contributed by atoms with E-state index in [9.17, 15) is 14.4 Å². The van der Waals surface area contributed by atoms with Gasteiger partial charge in [-0.1, -0.05) is 26.0 Å². The number of likely N-dealkylation sites (tertiary alicyclic amines) is 1. The fourth-order valence-corrected chi connectivity index (χ4v) is 8.69. The van der Waals surface area contributed by atoms with Gasteiger partial charge in [0.1, 0.15) is 6.04 Å². The van der Waals surface area contributed by atoms with E-state index >= 15 is 0 Å². The van der Waals surface area contributed by atoms with E-state index in [0.717, 1.165) is 81.3 Å². The van der Waals surface area contributed by atoms with Gasteiger partial charge in [0, 0.05) is 74.9 Å². The number of aromatic nitrogens is 3. The second-order valence-electron chi connectivity index (χ2n) is 15.1. The molecule has 2 N–H and O–H groups in total. The van der Waals surface area contributed by atoms with Gasteiger partial charge in [-0.05, 0) is 85.3 Å². The van der Waals surface area contributed by atoms with Gasteiger partial charge in [0.15, 0.2) is 0 Å². The predicted molar refractivity (Wildman–Crippen MR) is 186 cm³/mol. The zero-order valence-corrected chi connectivity index (χ0v) is 28.5. The largest absolute Gasteiger partial charge is 0.371 e. The first-order chi connectivity index (χ1) is 23.8. The molecule has 4 aliphatic heterocycles. The van der Waals surface area contributed by atoms with Crippen LogP contribution in [0.5, 0.6) is 0 Å². The molecule has 256 valence electrons. The minimum atomic E-state index is -0.606. The number of nitrogens with zero attached hydrogens (tertiary/aromatic N) is 6. The third-order valence-electron chi connectivity index (χ3n) is 11.5. The van der Waals surface area contributed by atoms with E-state index < -0.39 is 6.04 Å². The Labute approximate surface area is 287 Å². The summed E-state index contributed by atoms with van der Waals surface area (Å²) in [5.74, 6) is 2.07. The normalized spacial score (nSPS) is 26.0. The van der Waals surface area contributed by atoms with E-state index in [-0.39, 0.29) is 24.1 Å². The van der Waals surface area contributed by atoms with Crippen LogP contribution in [0, 0.1) is 11.8 Å². The number of nitrogens with one attached hydrogen (secondary N) is 2. The molecule has 6 heterocycles. The Balaban J connectivity index is 0.802. The molecule has 8 rings (SSSR count). The maximum Gasteiger partial charge on any atom is 0.256 e. The van der Waals surface area contributed by atoms with Gasteiger partial charge in [0.2, 0.25) is 17.8 Å². The van der Waals surface area contributed by atoms with Crippen molar-refractivity contribution in [1.82, 2.24) is 30.1 Å². The van der Waals surface area contributed by atoms with Crippen molar-refractivity contribution < 1.29 is 14.4 Å². The minimum absolute atomic E-state index is 0.160. The number of carbonyl (C=O) groups is 3. The maximum absolute atomic E-state index is 13.1. The van der Waals surface area contributed by atoms with Gasteiger partial charge in [0.25, 0.3) is 5.91 Å². The summed E-state index contributed by atoms with van der Waals surface area (Å²) in [7, 11) is 0. The van der Waals surface area contributed by atoms with Crippen molar-refractivity contribution >= 4 is 29.4 Å². The predicted octanol–water partition coefficient (Wildman–Crippen LogP) is 4.46. The molecular weight excluding hydrogens is 616 g/mol. The molecule has 11 heteroatoms. The van der Waals surface area contributed by atoms with Crippen LogP contribution in [-0.2, 0) is 22.7 Å². The lowest BCUT2D eigenvalue weighted by molar-refractivity contribution is -0.136. The van der Waals surface area contributed by atoms with E-state index in [4.69, 9.17) is 4.98 Å². The first kappa shape index (κ1) is 31.9. The van der Waals surface area contributed by atoms with Crippen LogP contribution < -0.4 is 15.5 Å². The average molecular weight is 663 g/mol. The number of rotatable bonds is 8. The summed E-state index contributed by atoms with van der Waals surface area (Å²) in [5.41, 5.74) is 6.24. The van der Waals surface area contributed by atoms with Crippen LogP contribution in [-0.4, -0.2) is 80.7 Å². The lowest BCUT2D eigenvalue weighted by Crippen LogP contribution is -2.52. The highest BCUT2D eigenvalue weighted by molar-refractivity contribution is 6.05. The lowest BCUT2D eigenvalue weighted by Gasteiger charge is -2.34. The molecule has 4 fully saturated rings. The maximum atomic E-state index is 13.1. The van der Waals surface area contributed by atoms with E-state index in [2.05, 4.69) is 68.5 Å². The highest BCUT2D eigenvalue weighted by atomic mass is 16.2. The molecular formula is C38H46N8O3. The number of anilines is 2. The van der Waals surface area contributed by atoms with Crippen molar-refractivity contribution in [2.75, 3.05) is 36.4 Å². The number of piperidine rings is 2. The van der Waals surface area contributed by atoms with Crippen LogP contribution in [0.4, 0.5) is 11.6 Å². The Morgan fingerprint density at radius 3 is 2.31 bits per heavy atom.